The highest BCUT2D eigenvalue weighted by molar-refractivity contribution is 6.31. The zero-order chi connectivity index (χ0) is 9.14. The molecule has 1 aromatic carbocycles. The predicted molar refractivity (Wildman–Crippen MR) is 46.8 cm³/mol. The Labute approximate surface area is 75.8 Å². The molecular formula is C9H10ClFO. The van der Waals surface area contributed by atoms with E-state index < -0.39 is 6.10 Å². The lowest BCUT2D eigenvalue weighted by Crippen LogP contribution is -2.04. The lowest BCUT2D eigenvalue weighted by atomic mass is 10.1. The first-order chi connectivity index (χ1) is 5.59. The van der Waals surface area contributed by atoms with Gasteiger partial charge in [-0.2, -0.15) is 0 Å². The SMILES string of the molecule is CC(O)Cc1cc(F)ccc1Cl. The number of aliphatic hydroxyl groups excluding tert-OH is 1. The van der Waals surface area contributed by atoms with Crippen molar-refractivity contribution in [3.63, 3.8) is 0 Å². The summed E-state index contributed by atoms with van der Waals surface area (Å²) >= 11 is 5.76. The Kier molecular flexibility index (Phi) is 3.06. The average Bonchev–Trinajstić information content (AvgIpc) is 1.96. The molecule has 3 heteroatoms. The van der Waals surface area contributed by atoms with Crippen molar-refractivity contribution in [3.8, 4) is 0 Å². The van der Waals surface area contributed by atoms with Crippen LogP contribution in [-0.2, 0) is 6.42 Å². The van der Waals surface area contributed by atoms with Crippen molar-refractivity contribution < 1.29 is 9.50 Å². The molecule has 0 fully saturated rings. The van der Waals surface area contributed by atoms with Crippen LogP contribution in [-0.4, -0.2) is 11.2 Å². The molecule has 66 valence electrons. The highest BCUT2D eigenvalue weighted by Crippen LogP contribution is 2.18. The molecule has 12 heavy (non-hydrogen) atoms. The normalized spacial score (nSPS) is 13.0. The molecule has 1 aromatic rings. The van der Waals surface area contributed by atoms with Gasteiger partial charge in [0.1, 0.15) is 5.82 Å². The number of halogens is 2. The van der Waals surface area contributed by atoms with Crippen molar-refractivity contribution in [2.45, 2.75) is 19.4 Å². The fourth-order valence-electron chi connectivity index (χ4n) is 1.02. The molecule has 0 saturated heterocycles. The maximum absolute atomic E-state index is 12.7. The van der Waals surface area contributed by atoms with Gasteiger partial charge in [0.15, 0.2) is 0 Å². The van der Waals surface area contributed by atoms with Crippen molar-refractivity contribution in [1.29, 1.82) is 0 Å². The van der Waals surface area contributed by atoms with Crippen molar-refractivity contribution in [3.05, 3.63) is 34.6 Å². The van der Waals surface area contributed by atoms with Crippen LogP contribution in [0.25, 0.3) is 0 Å². The molecule has 0 radical (unpaired) electrons. The van der Waals surface area contributed by atoms with E-state index in [2.05, 4.69) is 0 Å². The zero-order valence-corrected chi connectivity index (χ0v) is 7.48. The molecule has 1 rings (SSSR count). The summed E-state index contributed by atoms with van der Waals surface area (Å²) in [5, 5.41) is 9.54. The van der Waals surface area contributed by atoms with Crippen molar-refractivity contribution in [2.75, 3.05) is 0 Å². The molecule has 0 aliphatic rings. The molecule has 0 aromatic heterocycles. The Morgan fingerprint density at radius 3 is 2.83 bits per heavy atom. The first-order valence-electron chi connectivity index (χ1n) is 3.71. The average molecular weight is 189 g/mol. The van der Waals surface area contributed by atoms with Crippen LogP contribution in [0.2, 0.25) is 5.02 Å². The van der Waals surface area contributed by atoms with E-state index in [0.717, 1.165) is 0 Å². The minimum absolute atomic E-state index is 0.324. The van der Waals surface area contributed by atoms with E-state index in [4.69, 9.17) is 16.7 Å². The molecule has 0 saturated carbocycles. The third-order valence-corrected chi connectivity index (χ3v) is 1.89. The molecule has 0 aliphatic heterocycles. The maximum Gasteiger partial charge on any atom is 0.123 e. The van der Waals surface area contributed by atoms with Gasteiger partial charge in [-0.15, -0.1) is 0 Å². The van der Waals surface area contributed by atoms with Crippen LogP contribution >= 0.6 is 11.6 Å². The highest BCUT2D eigenvalue weighted by atomic mass is 35.5. The van der Waals surface area contributed by atoms with Crippen molar-refractivity contribution in [2.24, 2.45) is 0 Å². The van der Waals surface area contributed by atoms with Crippen molar-refractivity contribution in [1.82, 2.24) is 0 Å². The van der Waals surface area contributed by atoms with Gasteiger partial charge in [-0.3, -0.25) is 0 Å². The van der Waals surface area contributed by atoms with Gasteiger partial charge in [-0.25, -0.2) is 4.39 Å². The second-order valence-electron chi connectivity index (χ2n) is 2.79. The van der Waals surface area contributed by atoms with Gasteiger partial charge in [0, 0.05) is 5.02 Å². The van der Waals surface area contributed by atoms with Gasteiger partial charge in [0.2, 0.25) is 0 Å². The third kappa shape index (κ3) is 2.47. The fourth-order valence-corrected chi connectivity index (χ4v) is 1.21. The summed E-state index contributed by atoms with van der Waals surface area (Å²) in [5.41, 5.74) is 0.645. The maximum atomic E-state index is 12.7. The van der Waals surface area contributed by atoms with Gasteiger partial charge in [0.05, 0.1) is 6.10 Å². The summed E-state index contributed by atoms with van der Waals surface area (Å²) in [6, 6.07) is 4.14. The minimum atomic E-state index is -0.496. The molecule has 0 bridgehead atoms. The van der Waals surface area contributed by atoms with Gasteiger partial charge in [0.25, 0.3) is 0 Å². The number of hydrogen-bond donors (Lipinski definition) is 1. The van der Waals surface area contributed by atoms with Crippen LogP contribution in [0, 0.1) is 5.82 Å². The van der Waals surface area contributed by atoms with E-state index >= 15 is 0 Å². The van der Waals surface area contributed by atoms with E-state index in [1.165, 1.54) is 18.2 Å². The molecule has 1 atom stereocenters. The summed E-state index contributed by atoms with van der Waals surface area (Å²) in [6.45, 7) is 1.64. The summed E-state index contributed by atoms with van der Waals surface area (Å²) in [7, 11) is 0. The van der Waals surface area contributed by atoms with Gasteiger partial charge in [-0.1, -0.05) is 11.6 Å². The van der Waals surface area contributed by atoms with Gasteiger partial charge < -0.3 is 5.11 Å². The van der Waals surface area contributed by atoms with Crippen LogP contribution in [0.4, 0.5) is 4.39 Å². The lowest BCUT2D eigenvalue weighted by Gasteiger charge is -2.05. The van der Waals surface area contributed by atoms with Crippen LogP contribution < -0.4 is 0 Å². The Hall–Kier alpha value is -0.600. The molecule has 0 aliphatic carbocycles. The second-order valence-corrected chi connectivity index (χ2v) is 3.20. The van der Waals surface area contributed by atoms with Crippen LogP contribution in [0.5, 0.6) is 0 Å². The second kappa shape index (κ2) is 3.87. The summed E-state index contributed by atoms with van der Waals surface area (Å²) in [5.74, 6) is -0.324. The smallest absolute Gasteiger partial charge is 0.123 e. The predicted octanol–water partition coefficient (Wildman–Crippen LogP) is 2.40. The third-order valence-electron chi connectivity index (χ3n) is 1.52. The zero-order valence-electron chi connectivity index (χ0n) is 6.72. The van der Waals surface area contributed by atoms with E-state index in [1.807, 2.05) is 0 Å². The standard InChI is InChI=1S/C9H10ClFO/c1-6(12)4-7-5-8(11)2-3-9(7)10/h2-3,5-6,12H,4H2,1H3. The number of hydrogen-bond acceptors (Lipinski definition) is 1. The topological polar surface area (TPSA) is 20.2 Å². The number of rotatable bonds is 2. The summed E-state index contributed by atoms with van der Waals surface area (Å²) in [4.78, 5) is 0. The van der Waals surface area contributed by atoms with E-state index in [-0.39, 0.29) is 5.82 Å². The molecule has 1 nitrogen and oxygen atoms in total. The Morgan fingerprint density at radius 2 is 2.25 bits per heavy atom. The molecule has 0 spiro atoms. The lowest BCUT2D eigenvalue weighted by molar-refractivity contribution is 0.195. The monoisotopic (exact) mass is 188 g/mol. The Balaban J connectivity index is 2.90. The molecule has 1 unspecified atom stereocenters. The van der Waals surface area contributed by atoms with Crippen LogP contribution in [0.3, 0.4) is 0 Å². The van der Waals surface area contributed by atoms with E-state index in [0.29, 0.717) is 17.0 Å². The number of aliphatic hydroxyl groups is 1. The molecule has 0 amide bonds. The first-order valence-corrected chi connectivity index (χ1v) is 4.09. The minimum Gasteiger partial charge on any atom is -0.393 e. The summed E-state index contributed by atoms with van der Waals surface area (Å²) < 4.78 is 12.7. The first kappa shape index (κ1) is 9.49. The van der Waals surface area contributed by atoms with Gasteiger partial charge in [-0.05, 0) is 37.1 Å². The number of benzene rings is 1. The van der Waals surface area contributed by atoms with E-state index in [9.17, 15) is 4.39 Å². The summed E-state index contributed by atoms with van der Waals surface area (Å²) in [6.07, 6.45) is -0.111. The quantitative estimate of drug-likeness (QED) is 0.756. The van der Waals surface area contributed by atoms with E-state index in [1.54, 1.807) is 6.92 Å². The van der Waals surface area contributed by atoms with Gasteiger partial charge >= 0.3 is 0 Å². The Morgan fingerprint density at radius 1 is 1.58 bits per heavy atom. The van der Waals surface area contributed by atoms with Crippen LogP contribution in [0.15, 0.2) is 18.2 Å². The highest BCUT2D eigenvalue weighted by Gasteiger charge is 2.04. The molecule has 1 N–H and O–H groups in total. The fraction of sp³-hybridized carbons (Fsp3) is 0.333. The largest absolute Gasteiger partial charge is 0.393 e. The van der Waals surface area contributed by atoms with Crippen molar-refractivity contribution >= 4 is 11.6 Å². The molecule has 0 heterocycles. The Bertz CT molecular complexity index is 273. The van der Waals surface area contributed by atoms with Crippen LogP contribution in [0.1, 0.15) is 12.5 Å². The molecular weight excluding hydrogens is 179 g/mol.